The molecule has 0 spiro atoms. The van der Waals surface area contributed by atoms with E-state index >= 15 is 0 Å². The molecule has 1 N–H and O–H groups in total. The SMILES string of the molecule is CCOc1cc(C=CS(=O)(=O)Cc2ccc(OC)cc2)ccc1O. The van der Waals surface area contributed by atoms with Gasteiger partial charge in [-0.15, -0.1) is 0 Å². The van der Waals surface area contributed by atoms with Gasteiger partial charge in [0.15, 0.2) is 21.3 Å². The molecule has 0 radical (unpaired) electrons. The molecular formula is C18H20O5S. The smallest absolute Gasteiger partial charge is 0.175 e. The van der Waals surface area contributed by atoms with E-state index in [1.165, 1.54) is 17.6 Å². The Hall–Kier alpha value is -2.47. The van der Waals surface area contributed by atoms with Crippen LogP contribution in [0.25, 0.3) is 6.08 Å². The van der Waals surface area contributed by atoms with Crippen molar-refractivity contribution in [2.24, 2.45) is 0 Å². The molecule has 0 saturated heterocycles. The Kier molecular flexibility index (Phi) is 5.87. The predicted octanol–water partition coefficient (Wildman–Crippen LogP) is 3.39. The van der Waals surface area contributed by atoms with E-state index in [4.69, 9.17) is 9.47 Å². The van der Waals surface area contributed by atoms with Gasteiger partial charge in [-0.05, 0) is 48.4 Å². The minimum Gasteiger partial charge on any atom is -0.504 e. The molecular weight excluding hydrogens is 328 g/mol. The molecule has 0 fully saturated rings. The lowest BCUT2D eigenvalue weighted by atomic mass is 10.2. The predicted molar refractivity (Wildman–Crippen MR) is 93.9 cm³/mol. The minimum absolute atomic E-state index is 0.0232. The second-order valence-corrected chi connectivity index (χ2v) is 7.00. The number of sulfone groups is 1. The van der Waals surface area contributed by atoms with Crippen LogP contribution in [0.1, 0.15) is 18.1 Å². The number of hydrogen-bond donors (Lipinski definition) is 1. The van der Waals surface area contributed by atoms with Crippen LogP contribution in [0.15, 0.2) is 47.9 Å². The molecule has 0 amide bonds. The van der Waals surface area contributed by atoms with Gasteiger partial charge in [-0.25, -0.2) is 8.42 Å². The highest BCUT2D eigenvalue weighted by Gasteiger charge is 2.09. The van der Waals surface area contributed by atoms with Gasteiger partial charge in [-0.2, -0.15) is 0 Å². The van der Waals surface area contributed by atoms with Crippen molar-refractivity contribution in [3.05, 3.63) is 59.0 Å². The van der Waals surface area contributed by atoms with E-state index in [-0.39, 0.29) is 11.5 Å². The van der Waals surface area contributed by atoms with Crippen molar-refractivity contribution >= 4 is 15.9 Å². The second kappa shape index (κ2) is 7.88. The minimum atomic E-state index is -3.41. The lowest BCUT2D eigenvalue weighted by Crippen LogP contribution is -2.00. The number of phenols is 1. The molecule has 0 aliphatic heterocycles. The van der Waals surface area contributed by atoms with Crippen LogP contribution in [0, 0.1) is 0 Å². The highest BCUT2D eigenvalue weighted by molar-refractivity contribution is 7.93. The first-order valence-corrected chi connectivity index (χ1v) is 9.14. The first-order valence-electron chi connectivity index (χ1n) is 7.43. The lowest BCUT2D eigenvalue weighted by molar-refractivity contribution is 0.318. The largest absolute Gasteiger partial charge is 0.504 e. The van der Waals surface area contributed by atoms with Gasteiger partial charge in [-0.3, -0.25) is 0 Å². The summed E-state index contributed by atoms with van der Waals surface area (Å²) in [5.74, 6) is 0.936. The van der Waals surface area contributed by atoms with Crippen molar-refractivity contribution in [2.75, 3.05) is 13.7 Å². The Morgan fingerprint density at radius 3 is 2.46 bits per heavy atom. The highest BCUT2D eigenvalue weighted by Crippen LogP contribution is 2.27. The molecule has 0 aliphatic rings. The third-order valence-corrected chi connectivity index (χ3v) is 4.56. The number of benzene rings is 2. The summed E-state index contributed by atoms with van der Waals surface area (Å²) in [4.78, 5) is 0. The molecule has 0 heterocycles. The molecule has 6 heteroatoms. The van der Waals surface area contributed by atoms with Crippen LogP contribution >= 0.6 is 0 Å². The molecule has 0 aromatic heterocycles. The van der Waals surface area contributed by atoms with Crippen molar-refractivity contribution in [2.45, 2.75) is 12.7 Å². The molecule has 0 unspecified atom stereocenters. The van der Waals surface area contributed by atoms with E-state index in [0.29, 0.717) is 29.2 Å². The quantitative estimate of drug-likeness (QED) is 0.830. The summed E-state index contributed by atoms with van der Waals surface area (Å²) in [6.45, 7) is 2.22. The van der Waals surface area contributed by atoms with Crippen LogP contribution in [0.3, 0.4) is 0 Å². The molecule has 0 saturated carbocycles. The van der Waals surface area contributed by atoms with Gasteiger partial charge >= 0.3 is 0 Å². The standard InChI is InChI=1S/C18H20O5S/c1-3-23-18-12-14(6-9-17(18)19)10-11-24(20,21)13-15-4-7-16(22-2)8-5-15/h4-12,19H,3,13H2,1-2H3. The molecule has 2 rings (SSSR count). The number of ether oxygens (including phenoxy) is 2. The molecule has 5 nitrogen and oxygen atoms in total. The van der Waals surface area contributed by atoms with Crippen LogP contribution < -0.4 is 9.47 Å². The zero-order valence-corrected chi connectivity index (χ0v) is 14.4. The summed E-state index contributed by atoms with van der Waals surface area (Å²) in [5, 5.41) is 10.8. The Morgan fingerprint density at radius 2 is 1.83 bits per heavy atom. The Labute approximate surface area is 142 Å². The Balaban J connectivity index is 2.12. The van der Waals surface area contributed by atoms with Crippen molar-refractivity contribution < 1.29 is 23.0 Å². The molecule has 2 aromatic carbocycles. The topological polar surface area (TPSA) is 72.8 Å². The summed E-state index contributed by atoms with van der Waals surface area (Å²) in [5.41, 5.74) is 1.32. The van der Waals surface area contributed by atoms with Crippen molar-refractivity contribution in [3.8, 4) is 17.2 Å². The third-order valence-electron chi connectivity index (χ3n) is 3.28. The maximum atomic E-state index is 12.2. The van der Waals surface area contributed by atoms with Crippen molar-refractivity contribution in [3.63, 3.8) is 0 Å². The summed E-state index contributed by atoms with van der Waals surface area (Å²) < 4.78 is 34.7. The van der Waals surface area contributed by atoms with Gasteiger partial charge in [0.05, 0.1) is 19.5 Å². The van der Waals surface area contributed by atoms with Gasteiger partial charge in [0, 0.05) is 5.41 Å². The number of rotatable bonds is 7. The molecule has 0 atom stereocenters. The lowest BCUT2D eigenvalue weighted by Gasteiger charge is -2.06. The number of phenolic OH excluding ortho intramolecular Hbond substituents is 1. The van der Waals surface area contributed by atoms with Gasteiger partial charge in [0.25, 0.3) is 0 Å². The third kappa shape index (κ3) is 5.03. The van der Waals surface area contributed by atoms with Crippen molar-refractivity contribution in [1.82, 2.24) is 0 Å². The summed E-state index contributed by atoms with van der Waals surface area (Å²) in [6, 6.07) is 11.6. The van der Waals surface area contributed by atoms with Crippen LogP contribution in [0.2, 0.25) is 0 Å². The Bertz CT molecular complexity index is 808. The fourth-order valence-corrected chi connectivity index (χ4v) is 3.21. The van der Waals surface area contributed by atoms with E-state index in [0.717, 1.165) is 0 Å². The van der Waals surface area contributed by atoms with Gasteiger partial charge in [0.2, 0.25) is 0 Å². The summed E-state index contributed by atoms with van der Waals surface area (Å²) in [6.07, 6.45) is 1.49. The first kappa shape index (κ1) is 17.9. The normalized spacial score (nSPS) is 11.6. The maximum Gasteiger partial charge on any atom is 0.175 e. The van der Waals surface area contributed by atoms with Crippen LogP contribution in [0.4, 0.5) is 0 Å². The maximum absolute atomic E-state index is 12.2. The average molecular weight is 348 g/mol. The molecule has 0 aliphatic carbocycles. The molecule has 24 heavy (non-hydrogen) atoms. The number of methoxy groups -OCH3 is 1. The zero-order valence-electron chi connectivity index (χ0n) is 13.6. The van der Waals surface area contributed by atoms with E-state index < -0.39 is 9.84 Å². The van der Waals surface area contributed by atoms with Gasteiger partial charge in [-0.1, -0.05) is 18.2 Å². The number of hydrogen-bond acceptors (Lipinski definition) is 5. The van der Waals surface area contributed by atoms with E-state index in [9.17, 15) is 13.5 Å². The van der Waals surface area contributed by atoms with Gasteiger partial charge in [0.1, 0.15) is 5.75 Å². The fourth-order valence-electron chi connectivity index (χ4n) is 2.09. The summed E-state index contributed by atoms with van der Waals surface area (Å²) >= 11 is 0. The van der Waals surface area contributed by atoms with E-state index in [2.05, 4.69) is 0 Å². The van der Waals surface area contributed by atoms with Crippen LogP contribution in [-0.4, -0.2) is 27.2 Å². The van der Waals surface area contributed by atoms with E-state index in [1.54, 1.807) is 50.4 Å². The number of aromatic hydroxyl groups is 1. The highest BCUT2D eigenvalue weighted by atomic mass is 32.2. The first-order chi connectivity index (χ1) is 11.4. The summed E-state index contributed by atoms with van der Waals surface area (Å²) in [7, 11) is -1.85. The second-order valence-electron chi connectivity index (χ2n) is 5.12. The van der Waals surface area contributed by atoms with Crippen LogP contribution in [-0.2, 0) is 15.6 Å². The molecule has 2 aromatic rings. The zero-order chi connectivity index (χ0) is 17.6. The Morgan fingerprint density at radius 1 is 1.12 bits per heavy atom. The van der Waals surface area contributed by atoms with E-state index in [1.807, 2.05) is 0 Å². The monoisotopic (exact) mass is 348 g/mol. The average Bonchev–Trinajstić information content (AvgIpc) is 2.56. The van der Waals surface area contributed by atoms with Crippen molar-refractivity contribution in [1.29, 1.82) is 0 Å². The molecule has 0 bridgehead atoms. The van der Waals surface area contributed by atoms with Crippen LogP contribution in [0.5, 0.6) is 17.2 Å². The fraction of sp³-hybridized carbons (Fsp3) is 0.222. The molecule has 128 valence electrons. The van der Waals surface area contributed by atoms with Gasteiger partial charge < -0.3 is 14.6 Å².